The molecule has 0 radical (unpaired) electrons. The van der Waals surface area contributed by atoms with Crippen LogP contribution in [0.1, 0.15) is 37.7 Å². The van der Waals surface area contributed by atoms with Gasteiger partial charge in [-0.1, -0.05) is 111 Å². The molecule has 0 amide bonds. The Morgan fingerprint density at radius 2 is 1.30 bits per heavy atom. The number of imidazole rings is 1. The van der Waals surface area contributed by atoms with E-state index in [0.717, 1.165) is 61.5 Å². The zero-order valence-electron chi connectivity index (χ0n) is 31.9. The third-order valence-corrected chi connectivity index (χ3v) is 10.4. The summed E-state index contributed by atoms with van der Waals surface area (Å²) in [4.78, 5) is 4.88. The molecule has 0 aliphatic rings. The molecule has 0 spiro atoms. The van der Waals surface area contributed by atoms with Gasteiger partial charge in [-0.2, -0.15) is 18.2 Å². The molecule has 278 valence electrons. The molecular formula is C50H40N4OPt-2. The fraction of sp³-hybridized carbons (Fsp3) is 0.120. The van der Waals surface area contributed by atoms with Crippen LogP contribution in [0.15, 0.2) is 152 Å². The Kier molecular flexibility index (Phi) is 9.82. The number of rotatable bonds is 7. The summed E-state index contributed by atoms with van der Waals surface area (Å²) in [5.41, 5.74) is 11.9. The molecule has 0 aliphatic carbocycles. The van der Waals surface area contributed by atoms with Crippen LogP contribution in [0, 0.1) is 32.3 Å². The molecule has 0 fully saturated rings. The molecular weight excluding hydrogens is 868 g/mol. The van der Waals surface area contributed by atoms with Gasteiger partial charge in [0, 0.05) is 50.0 Å². The quantitative estimate of drug-likeness (QED) is 0.118. The molecule has 9 rings (SSSR count). The first-order valence-corrected chi connectivity index (χ1v) is 18.6. The summed E-state index contributed by atoms with van der Waals surface area (Å²) in [6.07, 6.45) is 5.48. The zero-order chi connectivity index (χ0) is 37.7. The minimum Gasteiger partial charge on any atom is -0.510 e. The summed E-state index contributed by atoms with van der Waals surface area (Å²) in [6, 6.07) is 57.6. The number of benzene rings is 6. The van der Waals surface area contributed by atoms with Crippen molar-refractivity contribution in [3.8, 4) is 50.9 Å². The third kappa shape index (κ3) is 6.89. The van der Waals surface area contributed by atoms with Crippen LogP contribution in [0.2, 0.25) is 0 Å². The van der Waals surface area contributed by atoms with E-state index in [9.17, 15) is 0 Å². The molecule has 3 heterocycles. The maximum atomic E-state index is 6.55. The second-order valence-electron chi connectivity index (χ2n) is 15.0. The number of ether oxygens (including phenoxy) is 1. The molecule has 6 aromatic carbocycles. The Hall–Kier alpha value is -6.03. The average molecular weight is 908 g/mol. The van der Waals surface area contributed by atoms with Crippen LogP contribution in [-0.2, 0) is 26.5 Å². The monoisotopic (exact) mass is 907 g/mol. The van der Waals surface area contributed by atoms with Gasteiger partial charge in [0.05, 0.1) is 11.4 Å². The van der Waals surface area contributed by atoms with Crippen LogP contribution in [0.25, 0.3) is 61.3 Å². The van der Waals surface area contributed by atoms with Crippen LogP contribution in [-0.4, -0.2) is 14.1 Å². The smallest absolute Gasteiger partial charge is 0.267 e. The van der Waals surface area contributed by atoms with Crippen molar-refractivity contribution >= 4 is 21.8 Å². The van der Waals surface area contributed by atoms with Gasteiger partial charge < -0.3 is 13.9 Å². The summed E-state index contributed by atoms with van der Waals surface area (Å²) in [6.45, 7) is 10.9. The first kappa shape index (κ1) is 36.9. The Balaban J connectivity index is 0.00000441. The van der Waals surface area contributed by atoms with E-state index in [1.54, 1.807) is 0 Å². The molecule has 3 aromatic heterocycles. The van der Waals surface area contributed by atoms with Crippen molar-refractivity contribution in [3.63, 3.8) is 0 Å². The van der Waals surface area contributed by atoms with Gasteiger partial charge in [0.15, 0.2) is 0 Å². The van der Waals surface area contributed by atoms with Crippen LogP contribution in [0.4, 0.5) is 0 Å². The summed E-state index contributed by atoms with van der Waals surface area (Å²) in [5, 5.41) is 2.21. The SMILES string of the molecule is Cc1c(C)[n+](-c2cccc(-c3ccccc3)c2)[c-]n1-c1[c-]c(Oc2[c-]c3c(cc2)c2cc(-c4ccccc4)ccc2n3-c2cc(C(C)(C)C)ccn2)ccc1.[Pt]. The maximum absolute atomic E-state index is 6.55. The number of hydrogen-bond acceptors (Lipinski definition) is 2. The van der Waals surface area contributed by atoms with E-state index in [1.807, 2.05) is 47.2 Å². The van der Waals surface area contributed by atoms with Crippen molar-refractivity contribution in [2.24, 2.45) is 0 Å². The molecule has 0 N–H and O–H groups in total. The summed E-state index contributed by atoms with van der Waals surface area (Å²) in [5.74, 6) is 2.03. The second-order valence-corrected chi connectivity index (χ2v) is 15.0. The topological polar surface area (TPSA) is 35.9 Å². The van der Waals surface area contributed by atoms with Crippen molar-refractivity contribution in [1.29, 1.82) is 0 Å². The second kappa shape index (κ2) is 14.9. The minimum atomic E-state index is -0.0325. The number of hydrogen-bond donors (Lipinski definition) is 0. The van der Waals surface area contributed by atoms with Crippen LogP contribution < -0.4 is 9.30 Å². The summed E-state index contributed by atoms with van der Waals surface area (Å²) in [7, 11) is 0. The van der Waals surface area contributed by atoms with E-state index in [2.05, 4.69) is 171 Å². The van der Waals surface area contributed by atoms with Crippen LogP contribution in [0.3, 0.4) is 0 Å². The molecule has 6 heteroatoms. The van der Waals surface area contributed by atoms with Gasteiger partial charge in [-0.05, 0) is 88.5 Å². The fourth-order valence-corrected chi connectivity index (χ4v) is 7.30. The van der Waals surface area contributed by atoms with Gasteiger partial charge in [-0.15, -0.1) is 29.7 Å². The number of pyridine rings is 1. The van der Waals surface area contributed by atoms with E-state index in [1.165, 1.54) is 16.7 Å². The molecule has 0 bridgehead atoms. The van der Waals surface area contributed by atoms with Gasteiger partial charge in [-0.25, -0.2) is 4.98 Å². The molecule has 5 nitrogen and oxygen atoms in total. The number of fused-ring (bicyclic) bond motifs is 3. The summed E-state index contributed by atoms with van der Waals surface area (Å²) >= 11 is 0. The maximum Gasteiger partial charge on any atom is 0.267 e. The zero-order valence-corrected chi connectivity index (χ0v) is 34.2. The van der Waals surface area contributed by atoms with Gasteiger partial charge in [0.1, 0.15) is 5.82 Å². The Labute approximate surface area is 342 Å². The first-order chi connectivity index (χ1) is 26.7. The standard InChI is InChI=1S/C50H40N4O.Pt/c1-34-35(2)53(33-52(34)41-19-12-18-38(28-41)36-14-8-6-9-15-36)42-20-13-21-43(31-42)55-44-23-24-45-46-29-39(37-16-10-7-11-17-37)22-25-47(46)54(48(45)32-44)49-30-40(26-27-51-49)50(3,4)5;/h6-30H,1-5H3;/q-2;. The predicted molar refractivity (Wildman–Crippen MR) is 222 cm³/mol. The summed E-state index contributed by atoms with van der Waals surface area (Å²) < 4.78 is 12.9. The van der Waals surface area contributed by atoms with Crippen LogP contribution >= 0.6 is 0 Å². The fourth-order valence-electron chi connectivity index (χ4n) is 7.30. The number of aromatic nitrogens is 4. The largest absolute Gasteiger partial charge is 0.510 e. The van der Waals surface area contributed by atoms with Crippen molar-refractivity contribution in [3.05, 3.63) is 187 Å². The van der Waals surface area contributed by atoms with Crippen molar-refractivity contribution < 1.29 is 30.4 Å². The Bertz CT molecular complexity index is 2850. The molecule has 0 atom stereocenters. The number of nitrogens with zero attached hydrogens (tertiary/aromatic N) is 4. The molecule has 56 heavy (non-hydrogen) atoms. The molecule has 0 saturated carbocycles. The van der Waals surface area contributed by atoms with Crippen molar-refractivity contribution in [1.82, 2.24) is 14.1 Å². The van der Waals surface area contributed by atoms with E-state index in [4.69, 9.17) is 9.72 Å². The van der Waals surface area contributed by atoms with E-state index >= 15 is 0 Å². The molecule has 0 saturated heterocycles. The van der Waals surface area contributed by atoms with Crippen molar-refractivity contribution in [2.75, 3.05) is 0 Å². The molecule has 9 aromatic rings. The van der Waals surface area contributed by atoms with Gasteiger partial charge >= 0.3 is 0 Å². The average Bonchev–Trinajstić information content (AvgIpc) is 3.70. The first-order valence-electron chi connectivity index (χ1n) is 18.6. The predicted octanol–water partition coefficient (Wildman–Crippen LogP) is 11.7. The van der Waals surface area contributed by atoms with Gasteiger partial charge in [0.25, 0.3) is 6.33 Å². The normalized spacial score (nSPS) is 11.5. The van der Waals surface area contributed by atoms with E-state index < -0.39 is 0 Å². The minimum absolute atomic E-state index is 0. The third-order valence-electron chi connectivity index (χ3n) is 10.4. The van der Waals surface area contributed by atoms with E-state index in [-0.39, 0.29) is 26.5 Å². The molecule has 0 unspecified atom stereocenters. The van der Waals surface area contributed by atoms with Gasteiger partial charge in [0.2, 0.25) is 0 Å². The van der Waals surface area contributed by atoms with E-state index in [0.29, 0.717) is 11.5 Å². The molecule has 0 aliphatic heterocycles. The Morgan fingerprint density at radius 3 is 2.04 bits per heavy atom. The van der Waals surface area contributed by atoms with Crippen LogP contribution in [0.5, 0.6) is 11.5 Å². The van der Waals surface area contributed by atoms with Crippen molar-refractivity contribution in [2.45, 2.75) is 40.0 Å². The van der Waals surface area contributed by atoms with Gasteiger partial charge in [-0.3, -0.25) is 4.57 Å². The Morgan fingerprint density at radius 1 is 0.625 bits per heavy atom.